The number of hydrogen-bond donors (Lipinski definition) is 1. The second-order valence-electron chi connectivity index (χ2n) is 5.26. The van der Waals surface area contributed by atoms with Gasteiger partial charge in [0.25, 0.3) is 0 Å². The summed E-state index contributed by atoms with van der Waals surface area (Å²) in [6, 6.07) is 0.366. The number of ether oxygens (including phenoxy) is 1. The van der Waals surface area contributed by atoms with E-state index in [2.05, 4.69) is 6.92 Å². The number of methoxy groups -OCH3 is 1. The number of amides is 1. The minimum Gasteiger partial charge on any atom is -0.382 e. The monoisotopic (exact) mass is 256 g/mol. The third kappa shape index (κ3) is 3.95. The molecule has 3 unspecified atom stereocenters. The van der Waals surface area contributed by atoms with Gasteiger partial charge in [-0.05, 0) is 45.6 Å². The quantitative estimate of drug-likeness (QED) is 0.755. The Labute approximate surface area is 111 Å². The van der Waals surface area contributed by atoms with E-state index in [1.165, 1.54) is 12.8 Å². The van der Waals surface area contributed by atoms with E-state index >= 15 is 0 Å². The molecule has 0 saturated heterocycles. The average molecular weight is 256 g/mol. The largest absolute Gasteiger partial charge is 0.382 e. The second-order valence-corrected chi connectivity index (χ2v) is 5.26. The van der Waals surface area contributed by atoms with Crippen LogP contribution in [0.5, 0.6) is 0 Å². The number of nitrogens with zero attached hydrogens (tertiary/aromatic N) is 1. The molecule has 4 nitrogen and oxygen atoms in total. The van der Waals surface area contributed by atoms with Gasteiger partial charge in [-0.2, -0.15) is 0 Å². The topological polar surface area (TPSA) is 55.6 Å². The Morgan fingerprint density at radius 1 is 1.50 bits per heavy atom. The van der Waals surface area contributed by atoms with Gasteiger partial charge in [-0.15, -0.1) is 0 Å². The van der Waals surface area contributed by atoms with Gasteiger partial charge in [0.2, 0.25) is 5.91 Å². The van der Waals surface area contributed by atoms with Gasteiger partial charge in [0.1, 0.15) is 0 Å². The van der Waals surface area contributed by atoms with Gasteiger partial charge < -0.3 is 15.4 Å². The van der Waals surface area contributed by atoms with Gasteiger partial charge >= 0.3 is 0 Å². The minimum atomic E-state index is 0.154. The lowest BCUT2D eigenvalue weighted by Gasteiger charge is -2.32. The van der Waals surface area contributed by atoms with Crippen molar-refractivity contribution in [2.75, 3.05) is 20.2 Å². The normalized spacial score (nSPS) is 25.1. The average Bonchev–Trinajstić information content (AvgIpc) is 2.85. The summed E-state index contributed by atoms with van der Waals surface area (Å²) < 4.78 is 5.19. The molecule has 1 fully saturated rings. The Morgan fingerprint density at radius 2 is 2.22 bits per heavy atom. The molecule has 4 heteroatoms. The molecule has 1 rings (SSSR count). The highest BCUT2D eigenvalue weighted by Crippen LogP contribution is 2.29. The van der Waals surface area contributed by atoms with Gasteiger partial charge in [-0.25, -0.2) is 0 Å². The SMILES string of the molecule is CCN(C(=O)CCC(C)OC)C1CCCC1CN. The van der Waals surface area contributed by atoms with Gasteiger partial charge in [0.05, 0.1) is 6.10 Å². The molecule has 0 aliphatic heterocycles. The molecule has 1 aliphatic carbocycles. The summed E-state index contributed by atoms with van der Waals surface area (Å²) in [5.74, 6) is 0.750. The molecule has 2 N–H and O–H groups in total. The van der Waals surface area contributed by atoms with Crippen LogP contribution in [0.25, 0.3) is 0 Å². The van der Waals surface area contributed by atoms with Gasteiger partial charge in [-0.1, -0.05) is 6.42 Å². The van der Waals surface area contributed by atoms with E-state index in [1.54, 1.807) is 7.11 Å². The van der Waals surface area contributed by atoms with Crippen LogP contribution in [0.2, 0.25) is 0 Å². The molecule has 1 amide bonds. The fraction of sp³-hybridized carbons (Fsp3) is 0.929. The molecular formula is C14H28N2O2. The fourth-order valence-corrected chi connectivity index (χ4v) is 2.89. The summed E-state index contributed by atoms with van der Waals surface area (Å²) in [4.78, 5) is 14.3. The first-order valence-corrected chi connectivity index (χ1v) is 7.16. The predicted molar refractivity (Wildman–Crippen MR) is 73.3 cm³/mol. The number of carbonyl (C=O) groups excluding carboxylic acids is 1. The molecule has 0 spiro atoms. The smallest absolute Gasteiger partial charge is 0.222 e. The van der Waals surface area contributed by atoms with E-state index in [-0.39, 0.29) is 12.0 Å². The number of hydrogen-bond acceptors (Lipinski definition) is 3. The summed E-state index contributed by atoms with van der Waals surface area (Å²) in [5.41, 5.74) is 5.80. The lowest BCUT2D eigenvalue weighted by Crippen LogP contribution is -2.44. The van der Waals surface area contributed by atoms with Gasteiger partial charge in [0.15, 0.2) is 0 Å². The Kier molecular flexibility index (Phi) is 6.65. The Balaban J connectivity index is 2.51. The maximum absolute atomic E-state index is 12.3. The van der Waals surface area contributed by atoms with Crippen molar-refractivity contribution in [3.8, 4) is 0 Å². The highest BCUT2D eigenvalue weighted by molar-refractivity contribution is 5.76. The lowest BCUT2D eigenvalue weighted by molar-refractivity contribution is -0.134. The van der Waals surface area contributed by atoms with Crippen molar-refractivity contribution in [3.05, 3.63) is 0 Å². The maximum Gasteiger partial charge on any atom is 0.222 e. The number of carbonyl (C=O) groups is 1. The number of nitrogens with two attached hydrogens (primary N) is 1. The van der Waals surface area contributed by atoms with Crippen LogP contribution in [0.1, 0.15) is 46.0 Å². The molecule has 0 heterocycles. The Bertz CT molecular complexity index is 258. The van der Waals surface area contributed by atoms with E-state index < -0.39 is 0 Å². The van der Waals surface area contributed by atoms with Crippen molar-refractivity contribution >= 4 is 5.91 Å². The van der Waals surface area contributed by atoms with Crippen molar-refractivity contribution in [2.24, 2.45) is 11.7 Å². The summed E-state index contributed by atoms with van der Waals surface area (Å²) in [6.07, 6.45) is 5.01. The molecule has 18 heavy (non-hydrogen) atoms. The molecule has 3 atom stereocenters. The van der Waals surface area contributed by atoms with E-state index in [0.717, 1.165) is 19.4 Å². The molecule has 0 aromatic carbocycles. The van der Waals surface area contributed by atoms with E-state index in [0.29, 0.717) is 24.9 Å². The van der Waals surface area contributed by atoms with Crippen LogP contribution < -0.4 is 5.73 Å². The first kappa shape index (κ1) is 15.4. The molecule has 0 aromatic rings. The summed E-state index contributed by atoms with van der Waals surface area (Å²) in [5, 5.41) is 0. The zero-order valence-electron chi connectivity index (χ0n) is 12.0. The van der Waals surface area contributed by atoms with Gasteiger partial charge in [-0.3, -0.25) is 4.79 Å². The van der Waals surface area contributed by atoms with Crippen molar-refractivity contribution < 1.29 is 9.53 Å². The van der Waals surface area contributed by atoms with Crippen LogP contribution in [0.4, 0.5) is 0 Å². The van der Waals surface area contributed by atoms with Crippen molar-refractivity contribution in [2.45, 2.75) is 58.1 Å². The molecule has 0 bridgehead atoms. The maximum atomic E-state index is 12.3. The highest BCUT2D eigenvalue weighted by atomic mass is 16.5. The van der Waals surface area contributed by atoms with Crippen LogP contribution in [0.3, 0.4) is 0 Å². The molecule has 0 radical (unpaired) electrons. The van der Waals surface area contributed by atoms with Crippen LogP contribution in [-0.2, 0) is 9.53 Å². The molecular weight excluding hydrogens is 228 g/mol. The van der Waals surface area contributed by atoms with Crippen molar-refractivity contribution in [1.82, 2.24) is 4.90 Å². The summed E-state index contributed by atoms with van der Waals surface area (Å²) in [7, 11) is 1.69. The van der Waals surface area contributed by atoms with Crippen molar-refractivity contribution in [3.63, 3.8) is 0 Å². The van der Waals surface area contributed by atoms with Crippen LogP contribution >= 0.6 is 0 Å². The van der Waals surface area contributed by atoms with Crippen LogP contribution in [0, 0.1) is 5.92 Å². The zero-order chi connectivity index (χ0) is 13.5. The summed E-state index contributed by atoms with van der Waals surface area (Å²) >= 11 is 0. The standard InChI is InChI=1S/C14H28N2O2/c1-4-16(13-7-5-6-12(13)10-15)14(17)9-8-11(2)18-3/h11-13H,4-10,15H2,1-3H3. The molecule has 106 valence electrons. The summed E-state index contributed by atoms with van der Waals surface area (Å²) in [6.45, 7) is 5.55. The third-order valence-corrected chi connectivity index (χ3v) is 4.15. The lowest BCUT2D eigenvalue weighted by atomic mass is 10.0. The first-order valence-electron chi connectivity index (χ1n) is 7.16. The van der Waals surface area contributed by atoms with Gasteiger partial charge in [0, 0.05) is 26.1 Å². The molecule has 1 saturated carbocycles. The fourth-order valence-electron chi connectivity index (χ4n) is 2.89. The van der Waals surface area contributed by atoms with Crippen molar-refractivity contribution in [1.29, 1.82) is 0 Å². The number of rotatable bonds is 7. The second kappa shape index (κ2) is 7.74. The minimum absolute atomic E-state index is 0.154. The van der Waals surface area contributed by atoms with Crippen LogP contribution in [-0.4, -0.2) is 43.2 Å². The zero-order valence-corrected chi connectivity index (χ0v) is 12.0. The third-order valence-electron chi connectivity index (χ3n) is 4.15. The predicted octanol–water partition coefficient (Wildman–Crippen LogP) is 1.78. The highest BCUT2D eigenvalue weighted by Gasteiger charge is 2.32. The van der Waals surface area contributed by atoms with E-state index in [4.69, 9.17) is 10.5 Å². The molecule has 1 aliphatic rings. The van der Waals surface area contributed by atoms with E-state index in [9.17, 15) is 4.79 Å². The molecule has 0 aromatic heterocycles. The Morgan fingerprint density at radius 3 is 2.78 bits per heavy atom. The first-order chi connectivity index (χ1) is 8.63. The van der Waals surface area contributed by atoms with Crippen LogP contribution in [0.15, 0.2) is 0 Å². The Hall–Kier alpha value is -0.610. The van der Waals surface area contributed by atoms with E-state index in [1.807, 2.05) is 11.8 Å².